The number of β-amino-alcohol motifs (C(OH)–C–C–N with tert-alkyl or cyclic N) is 1. The quantitative estimate of drug-likeness (QED) is 0.680. The molecule has 0 aromatic heterocycles. The molecule has 1 saturated heterocycles. The van der Waals surface area contributed by atoms with Crippen molar-refractivity contribution < 1.29 is 23.6 Å². The second-order valence-electron chi connectivity index (χ2n) is 5.46. The normalized spacial score (nSPS) is 16.8. The Balaban J connectivity index is 2.29. The molecule has 1 fully saturated rings. The third kappa shape index (κ3) is 2.58. The molecule has 0 unspecified atom stereocenters. The zero-order chi connectivity index (χ0) is 15.9. The lowest BCUT2D eigenvalue weighted by molar-refractivity contribution is -0.385. The van der Waals surface area contributed by atoms with Gasteiger partial charge in [-0.05, 0) is 12.0 Å². The zero-order valence-corrected chi connectivity index (χ0v) is 11.5. The molecule has 1 aliphatic heterocycles. The van der Waals surface area contributed by atoms with Gasteiger partial charge in [-0.1, -0.05) is 13.8 Å². The molecule has 114 valence electrons. The van der Waals surface area contributed by atoms with E-state index in [0.29, 0.717) is 12.1 Å². The Labute approximate surface area is 119 Å². The number of benzene rings is 1. The van der Waals surface area contributed by atoms with Gasteiger partial charge >= 0.3 is 0 Å². The summed E-state index contributed by atoms with van der Waals surface area (Å²) in [5, 5.41) is 20.9. The summed E-state index contributed by atoms with van der Waals surface area (Å²) in [6.45, 7) is 3.56. The van der Waals surface area contributed by atoms with Crippen LogP contribution in [0, 0.1) is 27.7 Å². The Kier molecular flexibility index (Phi) is 3.66. The Morgan fingerprint density at radius 2 is 1.90 bits per heavy atom. The van der Waals surface area contributed by atoms with Gasteiger partial charge in [-0.15, -0.1) is 0 Å². The summed E-state index contributed by atoms with van der Waals surface area (Å²) in [4.78, 5) is 23.2. The molecule has 1 N–H and O–H groups in total. The number of hydrogen-bond acceptors (Lipinski definition) is 4. The molecule has 0 radical (unpaired) electrons. The van der Waals surface area contributed by atoms with E-state index in [-0.39, 0.29) is 19.0 Å². The minimum Gasteiger partial charge on any atom is -0.386 e. The van der Waals surface area contributed by atoms with Crippen LogP contribution in [0.25, 0.3) is 0 Å². The zero-order valence-electron chi connectivity index (χ0n) is 11.5. The van der Waals surface area contributed by atoms with Gasteiger partial charge in [-0.25, -0.2) is 8.78 Å². The lowest BCUT2D eigenvalue weighted by Gasteiger charge is -2.48. The van der Waals surface area contributed by atoms with E-state index in [1.807, 2.05) is 0 Å². The highest BCUT2D eigenvalue weighted by Crippen LogP contribution is 2.32. The van der Waals surface area contributed by atoms with Crippen LogP contribution in [0.5, 0.6) is 0 Å². The van der Waals surface area contributed by atoms with Crippen LogP contribution in [0.2, 0.25) is 0 Å². The van der Waals surface area contributed by atoms with Crippen LogP contribution < -0.4 is 0 Å². The van der Waals surface area contributed by atoms with Crippen molar-refractivity contribution >= 4 is 11.6 Å². The highest BCUT2D eigenvalue weighted by atomic mass is 19.2. The molecule has 0 bridgehead atoms. The van der Waals surface area contributed by atoms with Crippen molar-refractivity contribution in [2.45, 2.75) is 19.4 Å². The largest absolute Gasteiger partial charge is 0.386 e. The minimum absolute atomic E-state index is 0.000347. The molecular weight excluding hydrogens is 286 g/mol. The van der Waals surface area contributed by atoms with E-state index < -0.39 is 39.3 Å². The predicted molar refractivity (Wildman–Crippen MR) is 68.7 cm³/mol. The van der Waals surface area contributed by atoms with Crippen LogP contribution in [0.4, 0.5) is 14.5 Å². The summed E-state index contributed by atoms with van der Waals surface area (Å²) >= 11 is 0. The van der Waals surface area contributed by atoms with Gasteiger partial charge in [0, 0.05) is 0 Å². The SMILES string of the molecule is CC(C)C1(O)CN(C(=O)c2cc(F)c(F)cc2[N+](=O)[O-])C1. The molecule has 1 aromatic rings. The smallest absolute Gasteiger partial charge is 0.285 e. The summed E-state index contributed by atoms with van der Waals surface area (Å²) in [5.74, 6) is -3.61. The number of nitro benzene ring substituents is 1. The summed E-state index contributed by atoms with van der Waals surface area (Å²) in [5.41, 5.74) is -2.37. The molecule has 1 heterocycles. The molecule has 0 atom stereocenters. The Morgan fingerprint density at radius 3 is 2.38 bits per heavy atom. The first-order valence-electron chi connectivity index (χ1n) is 6.31. The second-order valence-corrected chi connectivity index (χ2v) is 5.46. The molecule has 8 heteroatoms. The first-order chi connectivity index (χ1) is 9.65. The average Bonchev–Trinajstić information content (AvgIpc) is 2.36. The number of likely N-dealkylation sites (tertiary alicyclic amines) is 1. The molecule has 21 heavy (non-hydrogen) atoms. The summed E-state index contributed by atoms with van der Waals surface area (Å²) < 4.78 is 26.3. The predicted octanol–water partition coefficient (Wildman–Crippen LogP) is 1.72. The fourth-order valence-corrected chi connectivity index (χ4v) is 2.15. The third-order valence-corrected chi connectivity index (χ3v) is 3.76. The van der Waals surface area contributed by atoms with Gasteiger partial charge in [0.2, 0.25) is 0 Å². The maximum absolute atomic E-state index is 13.2. The number of hydrogen-bond donors (Lipinski definition) is 1. The second kappa shape index (κ2) is 5.03. The first-order valence-corrected chi connectivity index (χ1v) is 6.31. The average molecular weight is 300 g/mol. The number of carbonyl (C=O) groups is 1. The van der Waals surface area contributed by atoms with Crippen LogP contribution in [-0.2, 0) is 0 Å². The molecule has 1 amide bonds. The number of carbonyl (C=O) groups excluding carboxylic acids is 1. The monoisotopic (exact) mass is 300 g/mol. The molecule has 0 spiro atoms. The summed E-state index contributed by atoms with van der Waals surface area (Å²) in [7, 11) is 0. The Bertz CT molecular complexity index is 612. The van der Waals surface area contributed by atoms with Crippen molar-refractivity contribution in [3.63, 3.8) is 0 Å². The molecule has 2 rings (SSSR count). The van der Waals surface area contributed by atoms with Crippen LogP contribution in [0.1, 0.15) is 24.2 Å². The highest BCUT2D eigenvalue weighted by Gasteiger charge is 2.47. The maximum Gasteiger partial charge on any atom is 0.285 e. The number of aliphatic hydroxyl groups is 1. The van der Waals surface area contributed by atoms with Crippen molar-refractivity contribution in [1.29, 1.82) is 0 Å². The van der Waals surface area contributed by atoms with Gasteiger partial charge in [0.25, 0.3) is 11.6 Å². The fourth-order valence-electron chi connectivity index (χ4n) is 2.15. The Morgan fingerprint density at radius 1 is 1.38 bits per heavy atom. The number of amides is 1. The lowest BCUT2D eigenvalue weighted by atomic mass is 9.82. The number of nitro groups is 1. The van der Waals surface area contributed by atoms with Gasteiger partial charge in [-0.3, -0.25) is 14.9 Å². The molecular formula is C13H14F2N2O4. The highest BCUT2D eigenvalue weighted by molar-refractivity contribution is 5.98. The lowest BCUT2D eigenvalue weighted by Crippen LogP contribution is -2.66. The van der Waals surface area contributed by atoms with E-state index in [1.165, 1.54) is 4.90 Å². The van der Waals surface area contributed by atoms with Crippen molar-refractivity contribution in [2.75, 3.05) is 13.1 Å². The Hall–Kier alpha value is -2.09. The van der Waals surface area contributed by atoms with E-state index in [0.717, 1.165) is 0 Å². The topological polar surface area (TPSA) is 83.7 Å². The standard InChI is InChI=1S/C13H14F2N2O4/c1-7(2)13(19)5-16(6-13)12(18)8-3-9(14)10(15)4-11(8)17(20)21/h3-4,7,19H,5-6H2,1-2H3. The van der Waals surface area contributed by atoms with Crippen molar-refractivity contribution in [2.24, 2.45) is 5.92 Å². The summed E-state index contributed by atoms with van der Waals surface area (Å²) in [6, 6.07) is 0.902. The van der Waals surface area contributed by atoms with E-state index in [4.69, 9.17) is 0 Å². The number of rotatable bonds is 3. The van der Waals surface area contributed by atoms with E-state index in [1.54, 1.807) is 13.8 Å². The molecule has 0 aliphatic carbocycles. The number of nitrogens with zero attached hydrogens (tertiary/aromatic N) is 2. The van der Waals surface area contributed by atoms with Crippen molar-refractivity contribution in [3.05, 3.63) is 39.4 Å². The molecule has 1 aromatic carbocycles. The van der Waals surface area contributed by atoms with Crippen LogP contribution in [0.15, 0.2) is 12.1 Å². The van der Waals surface area contributed by atoms with Crippen LogP contribution in [-0.4, -0.2) is 39.5 Å². The van der Waals surface area contributed by atoms with Gasteiger partial charge in [-0.2, -0.15) is 0 Å². The van der Waals surface area contributed by atoms with E-state index >= 15 is 0 Å². The fraction of sp³-hybridized carbons (Fsp3) is 0.462. The van der Waals surface area contributed by atoms with Gasteiger partial charge in [0.1, 0.15) is 11.2 Å². The molecule has 6 nitrogen and oxygen atoms in total. The minimum atomic E-state index is -1.39. The van der Waals surface area contributed by atoms with Gasteiger partial charge in [0.15, 0.2) is 11.6 Å². The molecule has 0 saturated carbocycles. The number of halogens is 2. The van der Waals surface area contributed by atoms with Crippen molar-refractivity contribution in [1.82, 2.24) is 4.90 Å². The van der Waals surface area contributed by atoms with Gasteiger partial charge in [0.05, 0.1) is 24.1 Å². The third-order valence-electron chi connectivity index (χ3n) is 3.76. The van der Waals surface area contributed by atoms with E-state index in [9.17, 15) is 28.8 Å². The van der Waals surface area contributed by atoms with Crippen LogP contribution >= 0.6 is 0 Å². The molecule has 1 aliphatic rings. The maximum atomic E-state index is 13.2. The summed E-state index contributed by atoms with van der Waals surface area (Å²) in [6.07, 6.45) is 0. The van der Waals surface area contributed by atoms with Crippen LogP contribution in [0.3, 0.4) is 0 Å². The first kappa shape index (κ1) is 15.3. The van der Waals surface area contributed by atoms with Crippen molar-refractivity contribution in [3.8, 4) is 0 Å². The van der Waals surface area contributed by atoms with Gasteiger partial charge < -0.3 is 10.0 Å². The van der Waals surface area contributed by atoms with E-state index in [2.05, 4.69) is 0 Å².